The predicted molar refractivity (Wildman–Crippen MR) is 82.5 cm³/mol. The van der Waals surface area contributed by atoms with Gasteiger partial charge in [0.05, 0.1) is 0 Å². The SMILES string of the molecule is CN1C(C)(C)CC(C(N)=O)(N2CCCCC2)CC1(C)C. The highest BCUT2D eigenvalue weighted by Gasteiger charge is 2.56. The fraction of sp³-hybridized carbons (Fsp3) is 0.938. The number of hydrogen-bond donors (Lipinski definition) is 1. The van der Waals surface area contributed by atoms with Gasteiger partial charge in [-0.15, -0.1) is 0 Å². The second kappa shape index (κ2) is 4.99. The lowest BCUT2D eigenvalue weighted by Crippen LogP contribution is -2.72. The van der Waals surface area contributed by atoms with Crippen LogP contribution >= 0.6 is 0 Å². The van der Waals surface area contributed by atoms with E-state index in [4.69, 9.17) is 5.73 Å². The van der Waals surface area contributed by atoms with Crippen molar-refractivity contribution in [3.8, 4) is 0 Å². The summed E-state index contributed by atoms with van der Waals surface area (Å²) in [5.74, 6) is -0.131. The Morgan fingerprint density at radius 3 is 1.80 bits per heavy atom. The van der Waals surface area contributed by atoms with Crippen LogP contribution in [0.15, 0.2) is 0 Å². The van der Waals surface area contributed by atoms with Crippen molar-refractivity contribution in [1.82, 2.24) is 9.80 Å². The first kappa shape index (κ1) is 15.8. The molecule has 0 aromatic carbocycles. The number of carbonyl (C=O) groups excluding carboxylic acids is 1. The Balaban J connectivity index is 2.39. The van der Waals surface area contributed by atoms with E-state index in [0.29, 0.717) is 0 Å². The van der Waals surface area contributed by atoms with Gasteiger partial charge in [0.1, 0.15) is 5.54 Å². The lowest BCUT2D eigenvalue weighted by Gasteiger charge is -2.60. The van der Waals surface area contributed by atoms with Gasteiger partial charge in [0, 0.05) is 11.1 Å². The molecule has 4 heteroatoms. The molecule has 0 spiro atoms. The van der Waals surface area contributed by atoms with Crippen LogP contribution in [0.1, 0.15) is 59.8 Å². The Bertz CT molecular complexity index is 365. The van der Waals surface area contributed by atoms with E-state index in [0.717, 1.165) is 25.9 Å². The minimum Gasteiger partial charge on any atom is -0.368 e. The molecule has 0 aliphatic carbocycles. The first-order chi connectivity index (χ1) is 9.12. The molecule has 0 atom stereocenters. The minimum atomic E-state index is -0.472. The summed E-state index contributed by atoms with van der Waals surface area (Å²) in [7, 11) is 2.17. The number of primary amides is 1. The molecule has 2 N–H and O–H groups in total. The summed E-state index contributed by atoms with van der Waals surface area (Å²) in [5.41, 5.74) is 5.41. The topological polar surface area (TPSA) is 49.6 Å². The van der Waals surface area contributed by atoms with Crippen molar-refractivity contribution in [3.05, 3.63) is 0 Å². The first-order valence-corrected chi connectivity index (χ1v) is 7.91. The molecule has 2 aliphatic rings. The largest absolute Gasteiger partial charge is 0.368 e. The van der Waals surface area contributed by atoms with Crippen LogP contribution in [-0.2, 0) is 4.79 Å². The van der Waals surface area contributed by atoms with E-state index in [1.807, 2.05) is 0 Å². The summed E-state index contributed by atoms with van der Waals surface area (Å²) >= 11 is 0. The van der Waals surface area contributed by atoms with Crippen molar-refractivity contribution in [2.75, 3.05) is 20.1 Å². The zero-order valence-electron chi connectivity index (χ0n) is 13.8. The molecule has 0 unspecified atom stereocenters. The van der Waals surface area contributed by atoms with Crippen molar-refractivity contribution >= 4 is 5.91 Å². The number of hydrogen-bond acceptors (Lipinski definition) is 3. The molecule has 0 aromatic heterocycles. The van der Waals surface area contributed by atoms with Crippen LogP contribution in [0.4, 0.5) is 0 Å². The number of nitrogens with two attached hydrogens (primary N) is 1. The van der Waals surface area contributed by atoms with Crippen molar-refractivity contribution in [2.24, 2.45) is 5.73 Å². The molecule has 20 heavy (non-hydrogen) atoms. The molecule has 0 aromatic rings. The molecule has 0 radical (unpaired) electrons. The Morgan fingerprint density at radius 1 is 0.950 bits per heavy atom. The summed E-state index contributed by atoms with van der Waals surface area (Å²) in [5, 5.41) is 0. The summed E-state index contributed by atoms with van der Waals surface area (Å²) in [4.78, 5) is 17.2. The lowest BCUT2D eigenvalue weighted by molar-refractivity contribution is -0.149. The fourth-order valence-corrected chi connectivity index (χ4v) is 4.43. The van der Waals surface area contributed by atoms with Crippen molar-refractivity contribution in [3.63, 3.8) is 0 Å². The summed E-state index contributed by atoms with van der Waals surface area (Å²) in [6.07, 6.45) is 5.31. The Morgan fingerprint density at radius 2 is 1.40 bits per heavy atom. The van der Waals surface area contributed by atoms with E-state index >= 15 is 0 Å². The normalized spacial score (nSPS) is 30.1. The van der Waals surface area contributed by atoms with Crippen molar-refractivity contribution in [2.45, 2.75) is 76.4 Å². The minimum absolute atomic E-state index is 0.0196. The van der Waals surface area contributed by atoms with Gasteiger partial charge in [0.15, 0.2) is 0 Å². The number of carbonyl (C=O) groups is 1. The maximum Gasteiger partial charge on any atom is 0.238 e. The maximum atomic E-state index is 12.4. The molecule has 2 fully saturated rings. The monoisotopic (exact) mass is 281 g/mol. The standard InChI is InChI=1S/C16H31N3O/c1-14(2)11-16(13(17)20,12-15(3,4)18(14)5)19-9-7-6-8-10-19/h6-12H2,1-5H3,(H2,17,20). The van der Waals surface area contributed by atoms with E-state index in [1.54, 1.807) is 0 Å². The molecule has 2 heterocycles. The van der Waals surface area contributed by atoms with Gasteiger partial charge in [-0.25, -0.2) is 0 Å². The van der Waals surface area contributed by atoms with Gasteiger partial charge in [-0.3, -0.25) is 14.6 Å². The van der Waals surface area contributed by atoms with Crippen LogP contribution in [0.3, 0.4) is 0 Å². The fourth-order valence-electron chi connectivity index (χ4n) is 4.43. The van der Waals surface area contributed by atoms with Crippen LogP contribution in [0.25, 0.3) is 0 Å². The number of nitrogens with zero attached hydrogens (tertiary/aromatic N) is 2. The lowest BCUT2D eigenvalue weighted by atomic mass is 9.67. The van der Waals surface area contributed by atoms with Crippen molar-refractivity contribution < 1.29 is 4.79 Å². The number of likely N-dealkylation sites (tertiary alicyclic amines) is 2. The number of amides is 1. The molecular formula is C16H31N3O. The molecule has 0 saturated carbocycles. The van der Waals surface area contributed by atoms with Crippen LogP contribution < -0.4 is 5.73 Å². The van der Waals surface area contributed by atoms with Gasteiger partial charge in [-0.2, -0.15) is 0 Å². The first-order valence-electron chi connectivity index (χ1n) is 7.91. The van der Waals surface area contributed by atoms with E-state index in [2.05, 4.69) is 44.5 Å². The zero-order chi connectivity index (χ0) is 15.2. The van der Waals surface area contributed by atoms with Gasteiger partial charge >= 0.3 is 0 Å². The highest BCUT2D eigenvalue weighted by atomic mass is 16.1. The van der Waals surface area contributed by atoms with Gasteiger partial charge in [0.2, 0.25) is 5.91 Å². The smallest absolute Gasteiger partial charge is 0.238 e. The third kappa shape index (κ3) is 2.48. The van der Waals surface area contributed by atoms with Crippen LogP contribution in [0.2, 0.25) is 0 Å². The van der Waals surface area contributed by atoms with Gasteiger partial charge in [-0.1, -0.05) is 6.42 Å². The van der Waals surface area contributed by atoms with Crippen LogP contribution in [-0.4, -0.2) is 52.5 Å². The van der Waals surface area contributed by atoms with E-state index in [1.165, 1.54) is 19.3 Å². The highest BCUT2D eigenvalue weighted by Crippen LogP contribution is 2.45. The molecule has 2 aliphatic heterocycles. The maximum absolute atomic E-state index is 12.4. The third-order valence-electron chi connectivity index (χ3n) is 5.69. The third-order valence-corrected chi connectivity index (χ3v) is 5.69. The Kier molecular flexibility index (Phi) is 3.93. The van der Waals surface area contributed by atoms with Crippen molar-refractivity contribution in [1.29, 1.82) is 0 Å². The predicted octanol–water partition coefficient (Wildman–Crippen LogP) is 1.98. The average molecular weight is 281 g/mol. The molecule has 4 nitrogen and oxygen atoms in total. The molecular weight excluding hydrogens is 250 g/mol. The summed E-state index contributed by atoms with van der Waals surface area (Å²) < 4.78 is 0. The van der Waals surface area contributed by atoms with Gasteiger partial charge in [-0.05, 0) is 73.5 Å². The Hall–Kier alpha value is -0.610. The number of piperidine rings is 2. The number of rotatable bonds is 2. The molecule has 116 valence electrons. The van der Waals surface area contributed by atoms with E-state index < -0.39 is 5.54 Å². The van der Waals surface area contributed by atoms with E-state index in [-0.39, 0.29) is 17.0 Å². The summed E-state index contributed by atoms with van der Waals surface area (Å²) in [6.45, 7) is 11.0. The van der Waals surface area contributed by atoms with Gasteiger partial charge in [0.25, 0.3) is 0 Å². The van der Waals surface area contributed by atoms with Gasteiger partial charge < -0.3 is 5.73 Å². The quantitative estimate of drug-likeness (QED) is 0.842. The second-order valence-corrected chi connectivity index (χ2v) is 7.98. The second-order valence-electron chi connectivity index (χ2n) is 7.98. The molecule has 2 saturated heterocycles. The molecule has 2 rings (SSSR count). The zero-order valence-corrected chi connectivity index (χ0v) is 13.8. The molecule has 0 bridgehead atoms. The average Bonchev–Trinajstić information content (AvgIpc) is 2.36. The summed E-state index contributed by atoms with van der Waals surface area (Å²) in [6, 6.07) is 0. The van der Waals surface area contributed by atoms with E-state index in [9.17, 15) is 4.79 Å². The van der Waals surface area contributed by atoms with Crippen LogP contribution in [0.5, 0.6) is 0 Å². The Labute approximate surface area is 123 Å². The highest BCUT2D eigenvalue weighted by molar-refractivity contribution is 5.85. The molecule has 1 amide bonds. The van der Waals surface area contributed by atoms with Crippen LogP contribution in [0, 0.1) is 0 Å².